The maximum Gasteiger partial charge on any atom is 0.0916 e. The Bertz CT molecular complexity index is 655. The van der Waals surface area contributed by atoms with E-state index in [0.29, 0.717) is 12.2 Å². The summed E-state index contributed by atoms with van der Waals surface area (Å²) in [6.07, 6.45) is 14.3. The van der Waals surface area contributed by atoms with Gasteiger partial charge in [0.15, 0.2) is 0 Å². The molecule has 0 amide bonds. The van der Waals surface area contributed by atoms with Gasteiger partial charge in [-0.25, -0.2) is 8.42 Å². The van der Waals surface area contributed by atoms with Crippen LogP contribution in [0.25, 0.3) is 0 Å². The first-order valence-electron chi connectivity index (χ1n) is 12.9. The van der Waals surface area contributed by atoms with Crippen LogP contribution in [-0.4, -0.2) is 49.9 Å². The molecule has 188 valence electrons. The molecule has 0 N–H and O–H groups in total. The van der Waals surface area contributed by atoms with Gasteiger partial charge in [-0.05, 0) is 49.1 Å². The molecule has 5 heteroatoms. The summed E-state index contributed by atoms with van der Waals surface area (Å²) in [5.74, 6) is 0.634. The van der Waals surface area contributed by atoms with E-state index < -0.39 is 10.1 Å². The van der Waals surface area contributed by atoms with Gasteiger partial charge in [0.1, 0.15) is 0 Å². The van der Waals surface area contributed by atoms with Crippen LogP contribution in [-0.2, 0) is 16.5 Å². The standard InChI is InChI=1S/C26H48N.CH4O3S/c1-6-9-10-11-12-13-22-27(20-7-2,21-8-3)23-14-15-25-16-18-26(19-17-25)24(4)5;1-5(2,3)4/h16-19,24H,6-15,20-23H2,1-5H3;1H3,(H,2,3,4)/q+1;/p-1. The van der Waals surface area contributed by atoms with Gasteiger partial charge in [-0.1, -0.05) is 84.6 Å². The Labute approximate surface area is 200 Å². The van der Waals surface area contributed by atoms with E-state index in [9.17, 15) is 0 Å². The van der Waals surface area contributed by atoms with E-state index >= 15 is 0 Å². The van der Waals surface area contributed by atoms with Crippen LogP contribution in [0.2, 0.25) is 0 Å². The van der Waals surface area contributed by atoms with Gasteiger partial charge in [0.25, 0.3) is 0 Å². The van der Waals surface area contributed by atoms with Crippen molar-refractivity contribution in [2.75, 3.05) is 32.4 Å². The van der Waals surface area contributed by atoms with Crippen molar-refractivity contribution in [1.29, 1.82) is 0 Å². The smallest absolute Gasteiger partial charge is 0.0916 e. The molecule has 4 nitrogen and oxygen atoms in total. The number of benzene rings is 1. The molecular weight excluding hydrogens is 418 g/mol. The molecule has 0 aromatic heterocycles. The van der Waals surface area contributed by atoms with Crippen LogP contribution in [0.4, 0.5) is 0 Å². The van der Waals surface area contributed by atoms with E-state index in [2.05, 4.69) is 58.9 Å². The number of hydrogen-bond donors (Lipinski definition) is 0. The van der Waals surface area contributed by atoms with Crippen molar-refractivity contribution < 1.29 is 17.5 Å². The van der Waals surface area contributed by atoms with E-state index in [-0.39, 0.29) is 0 Å². The molecule has 0 aliphatic heterocycles. The number of rotatable bonds is 16. The van der Waals surface area contributed by atoms with Crippen LogP contribution in [0.1, 0.15) is 109 Å². The zero-order valence-corrected chi connectivity index (χ0v) is 22.7. The Balaban J connectivity index is 0.00000172. The second kappa shape index (κ2) is 17.6. The summed E-state index contributed by atoms with van der Waals surface area (Å²) >= 11 is 0. The fourth-order valence-corrected chi connectivity index (χ4v) is 4.53. The third kappa shape index (κ3) is 16.7. The lowest BCUT2D eigenvalue weighted by atomic mass is 10.00. The van der Waals surface area contributed by atoms with E-state index in [0.717, 1.165) is 0 Å². The monoisotopic (exact) mass is 469 g/mol. The van der Waals surface area contributed by atoms with E-state index in [1.165, 1.54) is 106 Å². The molecule has 0 radical (unpaired) electrons. The van der Waals surface area contributed by atoms with E-state index in [1.807, 2.05) is 0 Å². The summed E-state index contributed by atoms with van der Waals surface area (Å²) in [5.41, 5.74) is 2.98. The number of nitrogens with zero attached hydrogens (tertiary/aromatic N) is 1. The highest BCUT2D eigenvalue weighted by Crippen LogP contribution is 2.19. The average molecular weight is 470 g/mol. The van der Waals surface area contributed by atoms with Crippen molar-refractivity contribution in [3.63, 3.8) is 0 Å². The fourth-order valence-electron chi connectivity index (χ4n) is 4.53. The maximum absolute atomic E-state index is 9.08. The van der Waals surface area contributed by atoms with Crippen molar-refractivity contribution in [2.45, 2.75) is 105 Å². The summed E-state index contributed by atoms with van der Waals surface area (Å²) in [5, 5.41) is 0. The highest BCUT2D eigenvalue weighted by Gasteiger charge is 2.24. The van der Waals surface area contributed by atoms with Crippen LogP contribution < -0.4 is 0 Å². The lowest BCUT2D eigenvalue weighted by molar-refractivity contribution is -0.928. The van der Waals surface area contributed by atoms with Crippen molar-refractivity contribution in [3.8, 4) is 0 Å². The molecule has 1 aromatic carbocycles. The Hall–Kier alpha value is -0.910. The average Bonchev–Trinajstić information content (AvgIpc) is 2.70. The Morgan fingerprint density at radius 2 is 1.22 bits per heavy atom. The van der Waals surface area contributed by atoms with Gasteiger partial charge < -0.3 is 9.04 Å². The minimum atomic E-state index is -3.92. The molecule has 1 rings (SSSR count). The number of hydrogen-bond acceptors (Lipinski definition) is 3. The summed E-state index contributed by atoms with van der Waals surface area (Å²) < 4.78 is 28.6. The van der Waals surface area contributed by atoms with Crippen LogP contribution in [0.15, 0.2) is 24.3 Å². The molecule has 1 aromatic rings. The normalized spacial score (nSPS) is 12.0. The lowest BCUT2D eigenvalue weighted by Gasteiger charge is -2.39. The van der Waals surface area contributed by atoms with Gasteiger partial charge in [0.05, 0.1) is 36.3 Å². The Morgan fingerprint density at radius 1 is 0.750 bits per heavy atom. The first-order valence-corrected chi connectivity index (χ1v) is 14.7. The predicted molar refractivity (Wildman–Crippen MR) is 138 cm³/mol. The zero-order chi connectivity index (χ0) is 24.5. The van der Waals surface area contributed by atoms with Crippen LogP contribution in [0, 0.1) is 0 Å². The van der Waals surface area contributed by atoms with Crippen molar-refractivity contribution >= 4 is 10.1 Å². The quantitative estimate of drug-likeness (QED) is 0.150. The van der Waals surface area contributed by atoms with Gasteiger partial charge in [0.2, 0.25) is 0 Å². The van der Waals surface area contributed by atoms with Crippen LogP contribution >= 0.6 is 0 Å². The van der Waals surface area contributed by atoms with Gasteiger partial charge >= 0.3 is 0 Å². The summed E-state index contributed by atoms with van der Waals surface area (Å²) in [4.78, 5) is 0. The summed E-state index contributed by atoms with van der Waals surface area (Å²) in [7, 11) is -3.92. The largest absolute Gasteiger partial charge is 0.748 e. The molecule has 0 heterocycles. The highest BCUT2D eigenvalue weighted by molar-refractivity contribution is 7.84. The number of aryl methyl sites for hydroxylation is 1. The SMILES string of the molecule is CCCCCCCC[N+](CCC)(CCC)CCCc1ccc(C(C)C)cc1.CS(=O)(=O)[O-]. The third-order valence-corrected chi connectivity index (χ3v) is 6.13. The molecule has 0 saturated heterocycles. The summed E-state index contributed by atoms with van der Waals surface area (Å²) in [6.45, 7) is 17.1. The molecule has 0 aliphatic rings. The molecule has 0 atom stereocenters. The van der Waals surface area contributed by atoms with Crippen molar-refractivity contribution in [3.05, 3.63) is 35.4 Å². The predicted octanol–water partition coefficient (Wildman–Crippen LogP) is 6.90. The molecule has 0 unspecified atom stereocenters. The molecule has 0 bridgehead atoms. The zero-order valence-electron chi connectivity index (χ0n) is 21.9. The van der Waals surface area contributed by atoms with Crippen LogP contribution in [0.3, 0.4) is 0 Å². The molecule has 0 saturated carbocycles. The summed E-state index contributed by atoms with van der Waals surface area (Å²) in [6, 6.07) is 9.38. The van der Waals surface area contributed by atoms with E-state index in [4.69, 9.17) is 13.0 Å². The van der Waals surface area contributed by atoms with Gasteiger partial charge in [-0.15, -0.1) is 0 Å². The Kier molecular flexibility index (Phi) is 17.1. The fraction of sp³-hybridized carbons (Fsp3) is 0.778. The lowest BCUT2D eigenvalue weighted by Crippen LogP contribution is -2.50. The third-order valence-electron chi connectivity index (χ3n) is 6.13. The number of unbranched alkanes of at least 4 members (excludes halogenated alkanes) is 5. The van der Waals surface area contributed by atoms with E-state index in [1.54, 1.807) is 0 Å². The highest BCUT2D eigenvalue weighted by atomic mass is 32.2. The molecular formula is C27H51NO3S. The van der Waals surface area contributed by atoms with Crippen LogP contribution in [0.5, 0.6) is 0 Å². The molecule has 0 fully saturated rings. The van der Waals surface area contributed by atoms with Crippen molar-refractivity contribution in [1.82, 2.24) is 0 Å². The Morgan fingerprint density at radius 3 is 1.69 bits per heavy atom. The minimum Gasteiger partial charge on any atom is -0.748 e. The topological polar surface area (TPSA) is 57.2 Å². The molecule has 0 aliphatic carbocycles. The number of quaternary nitrogens is 1. The molecule has 32 heavy (non-hydrogen) atoms. The minimum absolute atomic E-state index is 0.604. The van der Waals surface area contributed by atoms with Gasteiger partial charge in [-0.2, -0.15) is 0 Å². The first kappa shape index (κ1) is 31.1. The van der Waals surface area contributed by atoms with Crippen molar-refractivity contribution in [2.24, 2.45) is 0 Å². The second-order valence-electron chi connectivity index (χ2n) is 9.71. The second-order valence-corrected chi connectivity index (χ2v) is 11.1. The van der Waals surface area contributed by atoms with Gasteiger partial charge in [0, 0.05) is 12.7 Å². The maximum atomic E-state index is 9.08. The van der Waals surface area contributed by atoms with Gasteiger partial charge in [-0.3, -0.25) is 0 Å². The first-order chi connectivity index (χ1) is 15.1. The molecule has 0 spiro atoms.